The molecule has 2 aromatic rings. The summed E-state index contributed by atoms with van der Waals surface area (Å²) < 4.78 is 19.0. The fourth-order valence-corrected chi connectivity index (χ4v) is 2.20. The average molecular weight is 320 g/mol. The van der Waals surface area contributed by atoms with Gasteiger partial charge >= 0.3 is 0 Å². The van der Waals surface area contributed by atoms with Crippen LogP contribution in [0, 0.1) is 5.82 Å². The van der Waals surface area contributed by atoms with Gasteiger partial charge in [0.25, 0.3) is 5.91 Å². The molecule has 0 bridgehead atoms. The number of H-pyrrole nitrogens is 1. The SMILES string of the molecule is CC(C)OCC(C)(C)NC(=O)c1cc(=O)[nH]c2ccc(F)cc12. The summed E-state index contributed by atoms with van der Waals surface area (Å²) in [6.07, 6.45) is 0.0423. The quantitative estimate of drug-likeness (QED) is 0.889. The Kier molecular flexibility index (Phi) is 4.85. The Morgan fingerprint density at radius 2 is 2.04 bits per heavy atom. The maximum Gasteiger partial charge on any atom is 0.252 e. The number of nitrogens with one attached hydrogen (secondary N) is 2. The Morgan fingerprint density at radius 1 is 1.35 bits per heavy atom. The molecule has 23 heavy (non-hydrogen) atoms. The zero-order valence-electron chi connectivity index (χ0n) is 13.7. The molecule has 1 aromatic carbocycles. The number of carbonyl (C=O) groups is 1. The van der Waals surface area contributed by atoms with Crippen molar-refractivity contribution in [3.05, 3.63) is 46.0 Å². The molecule has 2 rings (SSSR count). The Labute approximate surface area is 133 Å². The largest absolute Gasteiger partial charge is 0.376 e. The van der Waals surface area contributed by atoms with Crippen molar-refractivity contribution in [2.75, 3.05) is 6.61 Å². The number of benzene rings is 1. The second-order valence-corrected chi connectivity index (χ2v) is 6.43. The highest BCUT2D eigenvalue weighted by Gasteiger charge is 2.23. The standard InChI is InChI=1S/C17H21FN2O3/c1-10(2)23-9-17(3,4)20-16(22)13-8-15(21)19-14-6-5-11(18)7-12(13)14/h5-8,10H,9H2,1-4H3,(H,19,21)(H,20,22). The Morgan fingerprint density at radius 3 is 2.70 bits per heavy atom. The summed E-state index contributed by atoms with van der Waals surface area (Å²) in [6, 6.07) is 5.09. The van der Waals surface area contributed by atoms with Gasteiger partial charge in [0.05, 0.1) is 23.8 Å². The lowest BCUT2D eigenvalue weighted by atomic mass is 10.0. The predicted molar refractivity (Wildman–Crippen MR) is 87.2 cm³/mol. The number of rotatable bonds is 5. The molecule has 0 saturated carbocycles. The lowest BCUT2D eigenvalue weighted by molar-refractivity contribution is 0.0366. The van der Waals surface area contributed by atoms with Crippen LogP contribution in [0.5, 0.6) is 0 Å². The third-order valence-corrected chi connectivity index (χ3v) is 3.28. The number of amides is 1. The highest BCUT2D eigenvalue weighted by atomic mass is 19.1. The van der Waals surface area contributed by atoms with Crippen LogP contribution in [0.4, 0.5) is 4.39 Å². The second kappa shape index (κ2) is 6.50. The third kappa shape index (κ3) is 4.39. The number of carbonyl (C=O) groups excluding carboxylic acids is 1. The van der Waals surface area contributed by atoms with Crippen molar-refractivity contribution in [2.24, 2.45) is 0 Å². The fraction of sp³-hybridized carbons (Fsp3) is 0.412. The maximum absolute atomic E-state index is 13.5. The summed E-state index contributed by atoms with van der Waals surface area (Å²) in [5.74, 6) is -0.912. The van der Waals surface area contributed by atoms with Crippen molar-refractivity contribution in [1.29, 1.82) is 0 Å². The summed E-state index contributed by atoms with van der Waals surface area (Å²) in [6.45, 7) is 7.79. The molecule has 124 valence electrons. The molecule has 0 unspecified atom stereocenters. The molecule has 0 spiro atoms. The van der Waals surface area contributed by atoms with Crippen molar-refractivity contribution in [3.8, 4) is 0 Å². The molecule has 0 saturated heterocycles. The number of ether oxygens (including phenoxy) is 1. The number of hydrogen-bond acceptors (Lipinski definition) is 3. The summed E-state index contributed by atoms with van der Waals surface area (Å²) in [7, 11) is 0. The maximum atomic E-state index is 13.5. The molecule has 6 heteroatoms. The number of fused-ring (bicyclic) bond motifs is 1. The number of aromatic nitrogens is 1. The van der Waals surface area contributed by atoms with Gasteiger partial charge in [0.2, 0.25) is 5.56 Å². The smallest absolute Gasteiger partial charge is 0.252 e. The van der Waals surface area contributed by atoms with Gasteiger partial charge < -0.3 is 15.0 Å². The molecule has 0 aliphatic heterocycles. The Bertz CT molecular complexity index is 781. The van der Waals surface area contributed by atoms with E-state index in [1.807, 2.05) is 27.7 Å². The van der Waals surface area contributed by atoms with Crippen LogP contribution in [-0.2, 0) is 4.74 Å². The molecule has 1 aromatic heterocycles. The van der Waals surface area contributed by atoms with E-state index in [0.29, 0.717) is 17.5 Å². The van der Waals surface area contributed by atoms with E-state index < -0.39 is 22.8 Å². The van der Waals surface area contributed by atoms with Crippen LogP contribution in [-0.4, -0.2) is 29.1 Å². The number of hydrogen-bond donors (Lipinski definition) is 2. The zero-order chi connectivity index (χ0) is 17.2. The van der Waals surface area contributed by atoms with Gasteiger partial charge in [-0.25, -0.2) is 4.39 Å². The van der Waals surface area contributed by atoms with Gasteiger partial charge in [-0.3, -0.25) is 9.59 Å². The fourth-order valence-electron chi connectivity index (χ4n) is 2.20. The molecule has 0 radical (unpaired) electrons. The van der Waals surface area contributed by atoms with Gasteiger partial charge in [-0.05, 0) is 45.9 Å². The van der Waals surface area contributed by atoms with Gasteiger partial charge in [0.15, 0.2) is 0 Å². The molecule has 0 aliphatic carbocycles. The van der Waals surface area contributed by atoms with Crippen LogP contribution in [0.3, 0.4) is 0 Å². The predicted octanol–water partition coefficient (Wildman–Crippen LogP) is 2.60. The first-order chi connectivity index (χ1) is 10.7. The van der Waals surface area contributed by atoms with Crippen LogP contribution in [0.1, 0.15) is 38.1 Å². The monoisotopic (exact) mass is 320 g/mol. The highest BCUT2D eigenvalue weighted by Crippen LogP contribution is 2.17. The Hall–Kier alpha value is -2.21. The van der Waals surface area contributed by atoms with Crippen molar-refractivity contribution in [3.63, 3.8) is 0 Å². The van der Waals surface area contributed by atoms with E-state index in [2.05, 4.69) is 10.3 Å². The third-order valence-electron chi connectivity index (χ3n) is 3.28. The van der Waals surface area contributed by atoms with E-state index in [1.54, 1.807) is 0 Å². The van der Waals surface area contributed by atoms with Crippen molar-refractivity contribution in [2.45, 2.75) is 39.3 Å². The highest BCUT2D eigenvalue weighted by molar-refractivity contribution is 6.06. The van der Waals surface area contributed by atoms with Crippen LogP contribution < -0.4 is 10.9 Å². The normalized spacial score (nSPS) is 11.9. The van der Waals surface area contributed by atoms with Gasteiger partial charge in [0, 0.05) is 17.0 Å². The molecule has 1 heterocycles. The number of aromatic amines is 1. The van der Waals surface area contributed by atoms with E-state index in [-0.39, 0.29) is 11.7 Å². The van der Waals surface area contributed by atoms with Gasteiger partial charge in [-0.15, -0.1) is 0 Å². The first kappa shape index (κ1) is 17.1. The van der Waals surface area contributed by atoms with Crippen LogP contribution in [0.25, 0.3) is 10.9 Å². The van der Waals surface area contributed by atoms with Crippen LogP contribution in [0.15, 0.2) is 29.1 Å². The molecule has 0 aliphatic rings. The lowest BCUT2D eigenvalue weighted by Gasteiger charge is -2.27. The van der Waals surface area contributed by atoms with E-state index in [4.69, 9.17) is 4.74 Å². The second-order valence-electron chi connectivity index (χ2n) is 6.43. The van der Waals surface area contributed by atoms with Gasteiger partial charge in [-0.1, -0.05) is 0 Å². The van der Waals surface area contributed by atoms with Gasteiger partial charge in [-0.2, -0.15) is 0 Å². The molecule has 0 fully saturated rings. The summed E-state index contributed by atoms with van der Waals surface area (Å²) >= 11 is 0. The lowest BCUT2D eigenvalue weighted by Crippen LogP contribution is -2.47. The molecular formula is C17H21FN2O3. The summed E-state index contributed by atoms with van der Waals surface area (Å²) in [5.41, 5.74) is -0.476. The molecule has 1 amide bonds. The topological polar surface area (TPSA) is 71.2 Å². The minimum Gasteiger partial charge on any atom is -0.376 e. The number of halogens is 1. The van der Waals surface area contributed by atoms with Gasteiger partial charge in [0.1, 0.15) is 5.82 Å². The molecular weight excluding hydrogens is 299 g/mol. The van der Waals surface area contributed by atoms with E-state index in [1.165, 1.54) is 24.3 Å². The average Bonchev–Trinajstić information content (AvgIpc) is 2.44. The summed E-state index contributed by atoms with van der Waals surface area (Å²) in [4.78, 5) is 26.8. The first-order valence-electron chi connectivity index (χ1n) is 7.45. The molecule has 5 nitrogen and oxygen atoms in total. The van der Waals surface area contributed by atoms with E-state index in [0.717, 1.165) is 0 Å². The molecule has 0 atom stereocenters. The molecule has 2 N–H and O–H groups in total. The minimum absolute atomic E-state index is 0.0423. The summed E-state index contributed by atoms with van der Waals surface area (Å²) in [5, 5.41) is 3.19. The van der Waals surface area contributed by atoms with Crippen LogP contribution in [0.2, 0.25) is 0 Å². The number of pyridine rings is 1. The zero-order valence-corrected chi connectivity index (χ0v) is 13.7. The van der Waals surface area contributed by atoms with E-state index in [9.17, 15) is 14.0 Å². The van der Waals surface area contributed by atoms with Crippen LogP contribution >= 0.6 is 0 Å². The van der Waals surface area contributed by atoms with Crippen molar-refractivity contribution < 1.29 is 13.9 Å². The van der Waals surface area contributed by atoms with Crippen molar-refractivity contribution >= 4 is 16.8 Å². The Balaban J connectivity index is 2.34. The van der Waals surface area contributed by atoms with Crippen molar-refractivity contribution in [1.82, 2.24) is 10.3 Å². The minimum atomic E-state index is -0.621. The first-order valence-corrected chi connectivity index (χ1v) is 7.45. The van der Waals surface area contributed by atoms with E-state index >= 15 is 0 Å².